The Morgan fingerprint density at radius 3 is 2.65 bits per heavy atom. The van der Waals surface area contributed by atoms with Crippen molar-refractivity contribution in [1.82, 2.24) is 9.97 Å². The zero-order valence-corrected chi connectivity index (χ0v) is 13.6. The van der Waals surface area contributed by atoms with Gasteiger partial charge in [-0.1, -0.05) is 37.3 Å². The quantitative estimate of drug-likeness (QED) is 0.554. The first-order valence-electron chi connectivity index (χ1n) is 7.88. The van der Waals surface area contributed by atoms with Crippen LogP contribution in [0.25, 0.3) is 0 Å². The highest BCUT2D eigenvalue weighted by Crippen LogP contribution is 2.09. The van der Waals surface area contributed by atoms with E-state index in [2.05, 4.69) is 9.97 Å². The Balaban J connectivity index is 1.89. The third-order valence-corrected chi connectivity index (χ3v) is 3.33. The van der Waals surface area contributed by atoms with E-state index in [1.54, 1.807) is 13.1 Å². The lowest BCUT2D eigenvalue weighted by molar-refractivity contribution is 0.0524. The van der Waals surface area contributed by atoms with E-state index in [-0.39, 0.29) is 5.97 Å². The van der Waals surface area contributed by atoms with Crippen molar-refractivity contribution < 1.29 is 14.3 Å². The number of esters is 1. The maximum atomic E-state index is 11.8. The third kappa shape index (κ3) is 5.14. The molecule has 0 atom stereocenters. The van der Waals surface area contributed by atoms with Crippen LogP contribution in [0.5, 0.6) is 0 Å². The van der Waals surface area contributed by atoms with E-state index >= 15 is 0 Å². The van der Waals surface area contributed by atoms with E-state index in [1.165, 1.54) is 0 Å². The number of aromatic nitrogens is 2. The Hall–Kier alpha value is -2.27. The minimum Gasteiger partial charge on any atom is -0.462 e. The molecule has 5 nitrogen and oxygen atoms in total. The molecule has 0 aliphatic rings. The average molecular weight is 314 g/mol. The zero-order chi connectivity index (χ0) is 16.5. The van der Waals surface area contributed by atoms with Crippen LogP contribution in [0, 0.1) is 0 Å². The standard InChI is InChI=1S/C18H22N2O3/c1-3-16-15(18(21)23-4-2)12-19-17(20-16)10-11-22-13-14-8-6-5-7-9-14/h5-9,12H,3-4,10-11,13H2,1-2H3. The lowest BCUT2D eigenvalue weighted by Gasteiger charge is -2.08. The van der Waals surface area contributed by atoms with E-state index in [0.29, 0.717) is 44.1 Å². The molecule has 0 aliphatic carbocycles. The molecule has 0 bridgehead atoms. The van der Waals surface area contributed by atoms with Crippen LogP contribution in [0.15, 0.2) is 36.5 Å². The third-order valence-electron chi connectivity index (χ3n) is 3.33. The molecule has 0 fully saturated rings. The summed E-state index contributed by atoms with van der Waals surface area (Å²) in [6, 6.07) is 10.0. The Morgan fingerprint density at radius 2 is 1.96 bits per heavy atom. The summed E-state index contributed by atoms with van der Waals surface area (Å²) in [5.41, 5.74) is 2.31. The summed E-state index contributed by atoms with van der Waals surface area (Å²) in [7, 11) is 0. The predicted molar refractivity (Wildman–Crippen MR) is 87.2 cm³/mol. The number of ether oxygens (including phenoxy) is 2. The van der Waals surface area contributed by atoms with Crippen LogP contribution in [-0.4, -0.2) is 29.2 Å². The van der Waals surface area contributed by atoms with Gasteiger partial charge in [-0.3, -0.25) is 0 Å². The minimum atomic E-state index is -0.365. The molecular formula is C18H22N2O3. The van der Waals surface area contributed by atoms with Crippen LogP contribution in [0.3, 0.4) is 0 Å². The first kappa shape index (κ1) is 17.1. The first-order chi connectivity index (χ1) is 11.2. The van der Waals surface area contributed by atoms with Crippen LogP contribution in [0.1, 0.15) is 41.3 Å². The van der Waals surface area contributed by atoms with E-state index in [4.69, 9.17) is 9.47 Å². The van der Waals surface area contributed by atoms with Gasteiger partial charge in [-0.05, 0) is 18.9 Å². The van der Waals surface area contributed by atoms with Gasteiger partial charge in [0.2, 0.25) is 0 Å². The predicted octanol–water partition coefficient (Wildman–Crippen LogP) is 2.98. The van der Waals surface area contributed by atoms with Crippen LogP contribution in [-0.2, 0) is 28.9 Å². The summed E-state index contributed by atoms with van der Waals surface area (Å²) >= 11 is 0. The molecule has 0 aliphatic heterocycles. The Kier molecular flexibility index (Phi) is 6.69. The van der Waals surface area contributed by atoms with E-state index in [9.17, 15) is 4.79 Å². The minimum absolute atomic E-state index is 0.344. The number of nitrogens with zero attached hydrogens (tertiary/aromatic N) is 2. The van der Waals surface area contributed by atoms with Gasteiger partial charge < -0.3 is 9.47 Å². The fourth-order valence-corrected chi connectivity index (χ4v) is 2.16. The van der Waals surface area contributed by atoms with E-state index < -0.39 is 0 Å². The molecule has 1 aromatic heterocycles. The topological polar surface area (TPSA) is 61.3 Å². The number of hydrogen-bond acceptors (Lipinski definition) is 5. The number of carbonyl (C=O) groups excluding carboxylic acids is 1. The molecule has 0 radical (unpaired) electrons. The summed E-state index contributed by atoms with van der Waals surface area (Å²) in [5, 5.41) is 0. The fraction of sp³-hybridized carbons (Fsp3) is 0.389. The second-order valence-corrected chi connectivity index (χ2v) is 5.01. The van der Waals surface area contributed by atoms with Crippen LogP contribution < -0.4 is 0 Å². The first-order valence-corrected chi connectivity index (χ1v) is 7.88. The van der Waals surface area contributed by atoms with Gasteiger partial charge in [-0.2, -0.15) is 0 Å². The van der Waals surface area contributed by atoms with Crippen LogP contribution in [0.4, 0.5) is 0 Å². The summed E-state index contributed by atoms with van der Waals surface area (Å²) in [6.45, 7) is 5.19. The normalized spacial score (nSPS) is 10.5. The molecule has 1 aromatic carbocycles. The Bertz CT molecular complexity index is 629. The maximum Gasteiger partial charge on any atom is 0.341 e. The summed E-state index contributed by atoms with van der Waals surface area (Å²) in [6.07, 6.45) is 2.83. The molecule has 0 unspecified atom stereocenters. The van der Waals surface area contributed by atoms with Gasteiger partial charge in [0.15, 0.2) is 0 Å². The average Bonchev–Trinajstić information content (AvgIpc) is 2.59. The molecule has 0 amide bonds. The fourth-order valence-electron chi connectivity index (χ4n) is 2.16. The molecule has 5 heteroatoms. The van der Waals surface area contributed by atoms with E-state index in [0.717, 1.165) is 11.3 Å². The maximum absolute atomic E-state index is 11.8. The van der Waals surface area contributed by atoms with Crippen LogP contribution in [0.2, 0.25) is 0 Å². The van der Waals surface area contributed by atoms with Gasteiger partial charge in [0.1, 0.15) is 5.82 Å². The van der Waals surface area contributed by atoms with Gasteiger partial charge in [-0.15, -0.1) is 0 Å². The number of rotatable bonds is 8. The molecule has 2 aromatic rings. The summed E-state index contributed by atoms with van der Waals surface area (Å²) in [5.74, 6) is 0.319. The highest BCUT2D eigenvalue weighted by atomic mass is 16.5. The largest absolute Gasteiger partial charge is 0.462 e. The van der Waals surface area contributed by atoms with Gasteiger partial charge in [0.25, 0.3) is 0 Å². The Labute approximate surface area is 136 Å². The lowest BCUT2D eigenvalue weighted by atomic mass is 10.2. The monoisotopic (exact) mass is 314 g/mol. The lowest BCUT2D eigenvalue weighted by Crippen LogP contribution is -2.13. The number of hydrogen-bond donors (Lipinski definition) is 0. The van der Waals surface area contributed by atoms with Gasteiger partial charge in [0.05, 0.1) is 31.1 Å². The van der Waals surface area contributed by atoms with Crippen molar-refractivity contribution in [1.29, 1.82) is 0 Å². The van der Waals surface area contributed by atoms with Gasteiger partial charge >= 0.3 is 5.97 Å². The van der Waals surface area contributed by atoms with Crippen LogP contribution >= 0.6 is 0 Å². The SMILES string of the molecule is CCOC(=O)c1cnc(CCOCc2ccccc2)nc1CC. The summed E-state index contributed by atoms with van der Waals surface area (Å²) in [4.78, 5) is 20.5. The van der Waals surface area contributed by atoms with Crippen molar-refractivity contribution in [2.75, 3.05) is 13.2 Å². The van der Waals surface area contributed by atoms with Crippen molar-refractivity contribution >= 4 is 5.97 Å². The van der Waals surface area contributed by atoms with Crippen molar-refractivity contribution in [3.05, 3.63) is 59.2 Å². The highest BCUT2D eigenvalue weighted by Gasteiger charge is 2.14. The van der Waals surface area contributed by atoms with Crippen molar-refractivity contribution in [3.8, 4) is 0 Å². The smallest absolute Gasteiger partial charge is 0.341 e. The van der Waals surface area contributed by atoms with Crippen molar-refractivity contribution in [2.45, 2.75) is 33.3 Å². The molecule has 0 N–H and O–H groups in total. The van der Waals surface area contributed by atoms with Gasteiger partial charge in [0, 0.05) is 12.6 Å². The van der Waals surface area contributed by atoms with Gasteiger partial charge in [-0.25, -0.2) is 14.8 Å². The highest BCUT2D eigenvalue weighted by molar-refractivity contribution is 5.90. The van der Waals surface area contributed by atoms with Crippen molar-refractivity contribution in [3.63, 3.8) is 0 Å². The molecule has 122 valence electrons. The molecule has 1 heterocycles. The molecule has 0 saturated carbocycles. The van der Waals surface area contributed by atoms with E-state index in [1.807, 2.05) is 37.3 Å². The number of aryl methyl sites for hydroxylation is 1. The molecular weight excluding hydrogens is 292 g/mol. The Morgan fingerprint density at radius 1 is 1.17 bits per heavy atom. The van der Waals surface area contributed by atoms with Crippen molar-refractivity contribution in [2.24, 2.45) is 0 Å². The molecule has 2 rings (SSSR count). The molecule has 0 spiro atoms. The second-order valence-electron chi connectivity index (χ2n) is 5.01. The number of benzene rings is 1. The summed E-state index contributed by atoms with van der Waals surface area (Å²) < 4.78 is 10.7. The zero-order valence-electron chi connectivity index (χ0n) is 13.6. The second kappa shape index (κ2) is 9.00. The molecule has 0 saturated heterocycles. The molecule has 23 heavy (non-hydrogen) atoms. The number of carbonyl (C=O) groups is 1.